The molecule has 8 unspecified atom stereocenters. The minimum absolute atomic E-state index is 0.0137. The first kappa shape index (κ1) is 33.5. The molecule has 0 N–H and O–H groups in total. The third kappa shape index (κ3) is 4.53. The fourth-order valence-electron chi connectivity index (χ4n) is 12.4. The fraction of sp³-hybridized carbons (Fsp3) is 0.591. The fourth-order valence-corrected chi connectivity index (χ4v) is 17.4. The van der Waals surface area contributed by atoms with Crippen LogP contribution in [-0.2, 0) is 30.0 Å². The topological polar surface area (TPSA) is 93.0 Å². The molecule has 6 fully saturated rings. The highest BCUT2D eigenvalue weighted by atomic mass is 32.1. The Morgan fingerprint density at radius 2 is 0.811 bits per heavy atom. The predicted molar refractivity (Wildman–Crippen MR) is 215 cm³/mol. The van der Waals surface area contributed by atoms with Crippen molar-refractivity contribution in [3.05, 3.63) is 32.3 Å². The Balaban J connectivity index is 0.907. The van der Waals surface area contributed by atoms with Gasteiger partial charge in [0.15, 0.2) is 23.1 Å². The number of hydrogen-bond acceptors (Lipinski definition) is 9. The Kier molecular flexibility index (Phi) is 7.16. The van der Waals surface area contributed by atoms with E-state index in [1.165, 1.54) is 91.0 Å². The summed E-state index contributed by atoms with van der Waals surface area (Å²) in [4.78, 5) is 67.4. The lowest BCUT2D eigenvalue weighted by Crippen LogP contribution is -2.35. The number of aliphatic imine (C=N–C) groups is 2. The Morgan fingerprint density at radius 3 is 1.13 bits per heavy atom. The first-order chi connectivity index (χ1) is 25.4. The summed E-state index contributed by atoms with van der Waals surface area (Å²) in [7, 11) is 0. The number of carbonyl (C=O) groups is 4. The second-order valence-electron chi connectivity index (χ2n) is 18.8. The molecule has 0 amide bonds. The van der Waals surface area contributed by atoms with E-state index in [0.29, 0.717) is 23.7 Å². The predicted octanol–water partition coefficient (Wildman–Crippen LogP) is 10.3. The van der Waals surface area contributed by atoms with E-state index in [1.807, 2.05) is 11.3 Å². The smallest absolute Gasteiger partial charge is 0.188 e. The Labute approximate surface area is 322 Å². The molecule has 0 saturated heterocycles. The summed E-state index contributed by atoms with van der Waals surface area (Å²) in [6, 6.07) is 0. The van der Waals surface area contributed by atoms with Crippen molar-refractivity contribution in [3.63, 3.8) is 0 Å². The molecule has 0 radical (unpaired) electrons. The first-order valence-corrected chi connectivity index (χ1v) is 22.7. The molecule has 8 aliphatic carbocycles. The highest BCUT2D eigenvalue weighted by Crippen LogP contribution is 2.60. The summed E-state index contributed by atoms with van der Waals surface area (Å²) in [5.41, 5.74) is 3.65. The number of ketones is 4. The summed E-state index contributed by atoms with van der Waals surface area (Å²) < 4.78 is 5.09. The zero-order valence-electron chi connectivity index (χ0n) is 31.0. The van der Waals surface area contributed by atoms with Crippen LogP contribution in [0.3, 0.4) is 0 Å². The van der Waals surface area contributed by atoms with Crippen LogP contribution in [0, 0.1) is 47.3 Å². The quantitative estimate of drug-likeness (QED) is 0.260. The highest BCUT2D eigenvalue weighted by Gasteiger charge is 2.54. The van der Waals surface area contributed by atoms with Crippen LogP contribution in [0.5, 0.6) is 0 Å². The molecule has 0 spiro atoms. The van der Waals surface area contributed by atoms with E-state index in [9.17, 15) is 19.2 Å². The molecule has 3 aromatic heterocycles. The van der Waals surface area contributed by atoms with Gasteiger partial charge in [-0.2, -0.15) is 0 Å². The molecule has 11 rings (SSSR count). The maximum absolute atomic E-state index is 13.8. The molecular formula is C44H46N2O4S3. The lowest BCUT2D eigenvalue weighted by Gasteiger charge is -2.39. The van der Waals surface area contributed by atoms with Crippen LogP contribution in [0.2, 0.25) is 0 Å². The lowest BCUT2D eigenvalue weighted by atomic mass is 9.64. The minimum Gasteiger partial charge on any atom is -0.292 e. The standard InChI is InChI=1S/C44H46N2O4S3/c1-43(2)29(45-33-35(47)23-13-19-9-5-6-10-20(19)14-24(23)36(33)48)17-27-31(43)39-41(51-27)42-40(53-39)32-28(52-42)18-30(44(32,3)4)46-34-37(49)25-15-21-11-7-8-12-22(21)16-26(25)38(34)50/h17-26H,5-16H2,1-4H3. The number of carbonyl (C=O) groups excluding carboxylic acids is 4. The maximum atomic E-state index is 13.8. The number of thiophene rings is 3. The van der Waals surface area contributed by atoms with Crippen LogP contribution in [0.15, 0.2) is 21.4 Å². The van der Waals surface area contributed by atoms with Crippen LogP contribution in [0.4, 0.5) is 0 Å². The third-order valence-electron chi connectivity index (χ3n) is 15.3. The lowest BCUT2D eigenvalue weighted by molar-refractivity contribution is -0.123. The average Bonchev–Trinajstić information content (AvgIpc) is 3.96. The van der Waals surface area contributed by atoms with Gasteiger partial charge in [0.25, 0.3) is 0 Å². The Hall–Kier alpha value is -2.88. The molecule has 53 heavy (non-hydrogen) atoms. The van der Waals surface area contributed by atoms with Crippen LogP contribution in [0.1, 0.15) is 126 Å². The van der Waals surface area contributed by atoms with Crippen LogP contribution in [0.25, 0.3) is 31.0 Å². The number of rotatable bonds is 2. The zero-order chi connectivity index (χ0) is 36.3. The van der Waals surface area contributed by atoms with Crippen molar-refractivity contribution in [3.8, 4) is 0 Å². The van der Waals surface area contributed by atoms with Gasteiger partial charge in [-0.15, -0.1) is 34.0 Å². The number of fused-ring (bicyclic) bond motifs is 11. The van der Waals surface area contributed by atoms with Gasteiger partial charge >= 0.3 is 0 Å². The van der Waals surface area contributed by atoms with Gasteiger partial charge in [0.1, 0.15) is 11.4 Å². The summed E-state index contributed by atoms with van der Waals surface area (Å²) >= 11 is 5.41. The normalized spacial score (nSPS) is 35.2. The zero-order valence-corrected chi connectivity index (χ0v) is 33.5. The Morgan fingerprint density at radius 1 is 0.491 bits per heavy atom. The van der Waals surface area contributed by atoms with Crippen molar-refractivity contribution in [1.82, 2.24) is 0 Å². The van der Waals surface area contributed by atoms with E-state index in [1.54, 1.807) is 22.7 Å². The van der Waals surface area contributed by atoms with E-state index in [2.05, 4.69) is 39.8 Å². The van der Waals surface area contributed by atoms with Crippen molar-refractivity contribution in [2.24, 2.45) is 57.3 Å². The van der Waals surface area contributed by atoms with Gasteiger partial charge < -0.3 is 0 Å². The molecule has 3 heterocycles. The molecule has 274 valence electrons. The van der Waals surface area contributed by atoms with Gasteiger partial charge in [0.2, 0.25) is 0 Å². The molecule has 0 bridgehead atoms. The van der Waals surface area contributed by atoms with Crippen molar-refractivity contribution < 1.29 is 19.2 Å². The maximum Gasteiger partial charge on any atom is 0.188 e. The molecule has 6 nitrogen and oxygen atoms in total. The molecular weight excluding hydrogens is 717 g/mol. The van der Waals surface area contributed by atoms with Crippen molar-refractivity contribution in [1.29, 1.82) is 0 Å². The largest absolute Gasteiger partial charge is 0.292 e. The molecule has 9 heteroatoms. The molecule has 8 aliphatic rings. The second-order valence-corrected chi connectivity index (χ2v) is 21.9. The van der Waals surface area contributed by atoms with Crippen LogP contribution in [-0.4, -0.2) is 34.6 Å². The van der Waals surface area contributed by atoms with E-state index in [0.717, 1.165) is 37.1 Å². The molecule has 0 aliphatic heterocycles. The Bertz CT molecular complexity index is 2130. The summed E-state index contributed by atoms with van der Waals surface area (Å²) in [6.07, 6.45) is 17.5. The second kappa shape index (κ2) is 11.3. The summed E-state index contributed by atoms with van der Waals surface area (Å²) in [5.74, 6) is 1.58. The number of nitrogens with zero attached hydrogens (tertiary/aromatic N) is 2. The van der Waals surface area contributed by atoms with Crippen molar-refractivity contribution >= 4 is 99.5 Å². The van der Waals surface area contributed by atoms with Gasteiger partial charge in [0, 0.05) is 44.3 Å². The van der Waals surface area contributed by atoms with Gasteiger partial charge in [-0.1, -0.05) is 79.1 Å². The van der Waals surface area contributed by atoms with Crippen LogP contribution >= 0.6 is 34.0 Å². The van der Waals surface area contributed by atoms with E-state index in [4.69, 9.17) is 9.98 Å². The number of allylic oxidation sites excluding steroid dienone is 2. The molecule has 6 saturated carbocycles. The van der Waals surface area contributed by atoms with E-state index in [-0.39, 0.29) is 58.2 Å². The monoisotopic (exact) mass is 762 g/mol. The first-order valence-electron chi connectivity index (χ1n) is 20.2. The SMILES string of the molecule is CC1(C)C(N=C2C(=O)C3CC4CCCCC4CC3C2=O)=Cc2sc3c(sc4c5c(sc43)C=C(N=C3C(=O)C4CC6CCCCC6CC4C3=O)C5(C)C)c21. The van der Waals surface area contributed by atoms with Gasteiger partial charge in [-0.3, -0.25) is 19.2 Å². The third-order valence-corrected chi connectivity index (χ3v) is 19.3. The summed E-state index contributed by atoms with van der Waals surface area (Å²) in [6.45, 7) is 8.75. The van der Waals surface area contributed by atoms with Crippen molar-refractivity contribution in [2.45, 2.75) is 116 Å². The van der Waals surface area contributed by atoms with E-state index >= 15 is 0 Å². The van der Waals surface area contributed by atoms with Gasteiger partial charge in [0.05, 0.1) is 30.2 Å². The molecule has 0 aromatic carbocycles. The minimum atomic E-state index is -0.443. The molecule has 3 aromatic rings. The summed E-state index contributed by atoms with van der Waals surface area (Å²) in [5, 5.41) is 0. The average molecular weight is 763 g/mol. The van der Waals surface area contributed by atoms with Crippen molar-refractivity contribution in [2.75, 3.05) is 0 Å². The van der Waals surface area contributed by atoms with Gasteiger partial charge in [-0.25, -0.2) is 9.98 Å². The number of hydrogen-bond donors (Lipinski definition) is 0. The highest BCUT2D eigenvalue weighted by molar-refractivity contribution is 7.39. The van der Waals surface area contributed by atoms with E-state index < -0.39 is 10.8 Å². The van der Waals surface area contributed by atoms with Gasteiger partial charge in [-0.05, 0) is 72.6 Å². The molecule has 8 atom stereocenters. The number of Topliss-reactive ketones (excluding diaryl/α,β-unsaturated/α-hetero) is 4. The van der Waals surface area contributed by atoms with Crippen LogP contribution < -0.4 is 0 Å².